The van der Waals surface area contributed by atoms with Gasteiger partial charge in [-0.15, -0.1) is 0 Å². The number of hydrogen-bond donors (Lipinski definition) is 0. The van der Waals surface area contributed by atoms with E-state index in [0.29, 0.717) is 5.56 Å². The molecule has 0 amide bonds. The average Bonchev–Trinajstić information content (AvgIpc) is 2.43. The van der Waals surface area contributed by atoms with Crippen molar-refractivity contribution in [3.05, 3.63) is 29.6 Å². The van der Waals surface area contributed by atoms with E-state index in [-0.39, 0.29) is 12.1 Å². The third-order valence-corrected chi connectivity index (χ3v) is 2.71. The molecule has 0 bridgehead atoms. The third kappa shape index (κ3) is 4.26. The van der Waals surface area contributed by atoms with Crippen molar-refractivity contribution < 1.29 is 13.2 Å². The molecule has 0 aromatic carbocycles. The second kappa shape index (κ2) is 6.04. The number of alkyl halides is 3. The molecule has 1 heterocycles. The Morgan fingerprint density at radius 2 is 1.75 bits per heavy atom. The highest BCUT2D eigenvalue weighted by Gasteiger charge is 2.37. The Labute approximate surface area is 113 Å². The number of pyridine rings is 1. The molecule has 0 radical (unpaired) electrons. The minimum Gasteiger partial charge on any atom is -0.246 e. The summed E-state index contributed by atoms with van der Waals surface area (Å²) >= 11 is 0. The fourth-order valence-corrected chi connectivity index (χ4v) is 1.65. The second-order valence-electron chi connectivity index (χ2n) is 4.26. The molecule has 0 saturated heterocycles. The molecule has 102 valence electrons. The molecule has 1 aromatic rings. The molecule has 0 aliphatic rings. The van der Waals surface area contributed by atoms with Gasteiger partial charge in [-0.05, 0) is 24.1 Å². The van der Waals surface area contributed by atoms with E-state index in [1.165, 1.54) is 18.3 Å². The van der Waals surface area contributed by atoms with Crippen molar-refractivity contribution in [1.29, 1.82) is 15.8 Å². The van der Waals surface area contributed by atoms with Crippen LogP contribution in [0.4, 0.5) is 13.2 Å². The molecule has 1 rings (SSSR count). The van der Waals surface area contributed by atoms with Gasteiger partial charge in [-0.2, -0.15) is 29.0 Å². The van der Waals surface area contributed by atoms with E-state index in [0.717, 1.165) is 0 Å². The molecule has 20 heavy (non-hydrogen) atoms. The molecule has 0 spiro atoms. The van der Waals surface area contributed by atoms with Gasteiger partial charge in [0.15, 0.2) is 0 Å². The summed E-state index contributed by atoms with van der Waals surface area (Å²) in [5, 5.41) is 26.8. The molecule has 0 unspecified atom stereocenters. The summed E-state index contributed by atoms with van der Waals surface area (Å²) in [7, 11) is 0. The van der Waals surface area contributed by atoms with Crippen molar-refractivity contribution in [3.8, 4) is 18.2 Å². The van der Waals surface area contributed by atoms with E-state index in [4.69, 9.17) is 15.8 Å². The fraction of sp³-hybridized carbons (Fsp3) is 0.385. The van der Waals surface area contributed by atoms with Gasteiger partial charge in [0.1, 0.15) is 17.2 Å². The molecular weight excluding hydrogens is 269 g/mol. The van der Waals surface area contributed by atoms with Crippen LogP contribution < -0.4 is 0 Å². The van der Waals surface area contributed by atoms with Crippen molar-refractivity contribution in [2.24, 2.45) is 5.41 Å². The summed E-state index contributed by atoms with van der Waals surface area (Å²) in [6.45, 7) is 0. The van der Waals surface area contributed by atoms with E-state index >= 15 is 0 Å². The van der Waals surface area contributed by atoms with Gasteiger partial charge in [-0.3, -0.25) is 0 Å². The first kappa shape index (κ1) is 15.5. The predicted octanol–water partition coefficient (Wildman–Crippen LogP) is 2.87. The first-order valence-electron chi connectivity index (χ1n) is 5.58. The van der Waals surface area contributed by atoms with Gasteiger partial charge in [-0.25, -0.2) is 4.98 Å². The Bertz CT molecular complexity index is 588. The molecular formula is C13H9F3N4. The van der Waals surface area contributed by atoms with Crippen LogP contribution in [0.2, 0.25) is 0 Å². The van der Waals surface area contributed by atoms with Crippen LogP contribution in [-0.4, -0.2) is 11.2 Å². The highest BCUT2D eigenvalue weighted by Crippen LogP contribution is 2.33. The summed E-state index contributed by atoms with van der Waals surface area (Å²) in [5.74, 6) is 0. The van der Waals surface area contributed by atoms with Crippen LogP contribution in [0.3, 0.4) is 0 Å². The average molecular weight is 278 g/mol. The predicted molar refractivity (Wildman–Crippen MR) is 61.6 cm³/mol. The maximum absolute atomic E-state index is 12.2. The number of nitrogens with zero attached hydrogens (tertiary/aromatic N) is 4. The zero-order valence-corrected chi connectivity index (χ0v) is 10.3. The molecule has 0 aliphatic carbocycles. The molecule has 7 heteroatoms. The summed E-state index contributed by atoms with van der Waals surface area (Å²) in [4.78, 5) is 3.72. The highest BCUT2D eigenvalue weighted by molar-refractivity contribution is 5.29. The van der Waals surface area contributed by atoms with Crippen molar-refractivity contribution >= 4 is 0 Å². The normalized spacial score (nSPS) is 11.2. The van der Waals surface area contributed by atoms with Crippen LogP contribution in [0.1, 0.15) is 24.1 Å². The summed E-state index contributed by atoms with van der Waals surface area (Å²) in [6.07, 6.45) is -5.09. The first-order valence-corrected chi connectivity index (χ1v) is 5.58. The van der Waals surface area contributed by atoms with Crippen molar-refractivity contribution in [1.82, 2.24) is 4.98 Å². The number of hydrogen-bond acceptors (Lipinski definition) is 4. The molecule has 0 aliphatic heterocycles. The monoisotopic (exact) mass is 278 g/mol. The van der Waals surface area contributed by atoms with E-state index in [1.54, 1.807) is 18.2 Å². The van der Waals surface area contributed by atoms with Crippen molar-refractivity contribution in [2.75, 3.05) is 0 Å². The van der Waals surface area contributed by atoms with Crippen molar-refractivity contribution in [3.63, 3.8) is 0 Å². The summed E-state index contributed by atoms with van der Waals surface area (Å²) in [6, 6.07) is 7.94. The van der Waals surface area contributed by atoms with Gasteiger partial charge in [0.2, 0.25) is 0 Å². The van der Waals surface area contributed by atoms with Gasteiger partial charge in [0.25, 0.3) is 0 Å². The smallest absolute Gasteiger partial charge is 0.246 e. The zero-order valence-electron chi connectivity index (χ0n) is 10.3. The number of nitriles is 3. The van der Waals surface area contributed by atoms with Crippen molar-refractivity contribution in [2.45, 2.75) is 25.4 Å². The summed E-state index contributed by atoms with van der Waals surface area (Å²) in [5.41, 5.74) is -1.24. The summed E-state index contributed by atoms with van der Waals surface area (Å²) < 4.78 is 36.7. The Hall–Kier alpha value is -2.59. The molecule has 4 nitrogen and oxygen atoms in total. The van der Waals surface area contributed by atoms with Gasteiger partial charge in [0.05, 0.1) is 12.1 Å². The van der Waals surface area contributed by atoms with E-state index in [2.05, 4.69) is 4.98 Å². The van der Waals surface area contributed by atoms with Crippen LogP contribution in [0, 0.1) is 39.4 Å². The Balaban J connectivity index is 2.95. The SMILES string of the molecule is N#Cc1cc(CC(C#N)(C#N)CCC(F)(F)F)ccn1. The first-order chi connectivity index (χ1) is 9.34. The number of aromatic nitrogens is 1. The third-order valence-electron chi connectivity index (χ3n) is 2.71. The maximum Gasteiger partial charge on any atom is 0.389 e. The fourth-order valence-electron chi connectivity index (χ4n) is 1.65. The lowest BCUT2D eigenvalue weighted by atomic mass is 9.80. The van der Waals surface area contributed by atoms with Gasteiger partial charge < -0.3 is 0 Å². The van der Waals surface area contributed by atoms with E-state index in [1.807, 2.05) is 0 Å². The highest BCUT2D eigenvalue weighted by atomic mass is 19.4. The maximum atomic E-state index is 12.2. The van der Waals surface area contributed by atoms with Crippen LogP contribution in [0.15, 0.2) is 18.3 Å². The topological polar surface area (TPSA) is 84.3 Å². The Kier molecular flexibility index (Phi) is 4.67. The minimum atomic E-state index is -4.42. The van der Waals surface area contributed by atoms with Gasteiger partial charge in [0, 0.05) is 19.0 Å². The lowest BCUT2D eigenvalue weighted by Crippen LogP contribution is -2.23. The standard InChI is InChI=1S/C13H9F3N4/c14-13(15,16)3-2-12(8-18,9-19)6-10-1-4-20-11(5-10)7-17/h1,4-5H,2-3,6H2. The van der Waals surface area contributed by atoms with Gasteiger partial charge >= 0.3 is 6.18 Å². The molecule has 1 aromatic heterocycles. The van der Waals surface area contributed by atoms with Crippen LogP contribution in [0.25, 0.3) is 0 Å². The lowest BCUT2D eigenvalue weighted by molar-refractivity contribution is -0.138. The van der Waals surface area contributed by atoms with Gasteiger partial charge in [-0.1, -0.05) is 0 Å². The van der Waals surface area contributed by atoms with E-state index < -0.39 is 24.4 Å². The van der Waals surface area contributed by atoms with Crippen LogP contribution >= 0.6 is 0 Å². The zero-order chi connectivity index (χ0) is 15.2. The van der Waals surface area contributed by atoms with Crippen LogP contribution in [0.5, 0.6) is 0 Å². The second-order valence-corrected chi connectivity index (χ2v) is 4.26. The van der Waals surface area contributed by atoms with Crippen LogP contribution in [-0.2, 0) is 6.42 Å². The Morgan fingerprint density at radius 1 is 1.10 bits per heavy atom. The molecule has 0 atom stereocenters. The quantitative estimate of drug-likeness (QED) is 0.847. The molecule has 0 fully saturated rings. The molecule has 0 N–H and O–H groups in total. The number of halogens is 3. The van der Waals surface area contributed by atoms with E-state index in [9.17, 15) is 13.2 Å². The minimum absolute atomic E-state index is 0.0862. The largest absolute Gasteiger partial charge is 0.389 e. The number of rotatable bonds is 4. The Morgan fingerprint density at radius 3 is 2.25 bits per heavy atom. The lowest BCUT2D eigenvalue weighted by Gasteiger charge is -2.19. The molecule has 0 saturated carbocycles.